The van der Waals surface area contributed by atoms with Crippen LogP contribution in [0.4, 0.5) is 5.69 Å². The maximum Gasteiger partial charge on any atom is 0.275 e. The van der Waals surface area contributed by atoms with Crippen LogP contribution in [0.3, 0.4) is 0 Å². The number of rotatable bonds is 5. The van der Waals surface area contributed by atoms with Crippen molar-refractivity contribution in [1.82, 2.24) is 24.2 Å². The molecule has 2 N–H and O–H groups in total. The third-order valence-corrected chi connectivity index (χ3v) is 6.82. The van der Waals surface area contributed by atoms with Gasteiger partial charge in [-0.25, -0.2) is 18.4 Å². The van der Waals surface area contributed by atoms with Crippen molar-refractivity contribution in [3.05, 3.63) is 66.8 Å². The fraction of sp³-hybridized carbons (Fsp3) is 0.263. The average molecular weight is 412 g/mol. The van der Waals surface area contributed by atoms with Gasteiger partial charge in [-0.2, -0.15) is 4.31 Å². The van der Waals surface area contributed by atoms with E-state index in [1.807, 2.05) is 0 Å². The van der Waals surface area contributed by atoms with Gasteiger partial charge in [0.2, 0.25) is 10.0 Å². The number of hydrogen-bond acceptors (Lipinski definition) is 6. The largest absolute Gasteiger partial charge is 0.348 e. The molecule has 1 saturated heterocycles. The Bertz CT molecular complexity index is 1060. The molecule has 0 aliphatic carbocycles. The van der Waals surface area contributed by atoms with Crippen molar-refractivity contribution < 1.29 is 13.2 Å². The zero-order valence-electron chi connectivity index (χ0n) is 15.5. The molecule has 1 amide bonds. The number of hydrogen-bond donors (Lipinski definition) is 2. The van der Waals surface area contributed by atoms with E-state index < -0.39 is 15.9 Å². The smallest absolute Gasteiger partial charge is 0.275 e. The minimum Gasteiger partial charge on any atom is -0.348 e. The van der Waals surface area contributed by atoms with E-state index in [2.05, 4.69) is 25.3 Å². The van der Waals surface area contributed by atoms with Crippen molar-refractivity contribution in [2.45, 2.75) is 23.7 Å². The third-order valence-electron chi connectivity index (χ3n) is 4.91. The summed E-state index contributed by atoms with van der Waals surface area (Å²) in [6, 6.07) is 6.13. The lowest BCUT2D eigenvalue weighted by atomic mass is 9.98. The first-order valence-electron chi connectivity index (χ1n) is 9.21. The van der Waals surface area contributed by atoms with E-state index in [0.717, 1.165) is 18.7 Å². The van der Waals surface area contributed by atoms with Crippen molar-refractivity contribution >= 4 is 21.6 Å². The summed E-state index contributed by atoms with van der Waals surface area (Å²) in [5.74, 6) is 0.745. The van der Waals surface area contributed by atoms with Crippen molar-refractivity contribution in [2.75, 3.05) is 18.4 Å². The van der Waals surface area contributed by atoms with Crippen LogP contribution in [0.1, 0.15) is 35.1 Å². The van der Waals surface area contributed by atoms with Crippen LogP contribution in [0.25, 0.3) is 0 Å². The SMILES string of the molecule is O=C(Nc1ccc(S(=O)(=O)N2CCC(c3ncc[nH]3)CC2)cc1)c1cnccn1. The second kappa shape index (κ2) is 8.10. The number of aromatic nitrogens is 4. The maximum absolute atomic E-state index is 12.9. The minimum atomic E-state index is -3.58. The molecule has 1 aliphatic heterocycles. The van der Waals surface area contributed by atoms with Crippen LogP contribution in [-0.4, -0.2) is 51.7 Å². The van der Waals surface area contributed by atoms with Gasteiger partial charge in [-0.15, -0.1) is 0 Å². The highest BCUT2D eigenvalue weighted by Gasteiger charge is 2.30. The Morgan fingerprint density at radius 1 is 1.07 bits per heavy atom. The van der Waals surface area contributed by atoms with Crippen LogP contribution < -0.4 is 5.32 Å². The Morgan fingerprint density at radius 2 is 1.83 bits per heavy atom. The van der Waals surface area contributed by atoms with Crippen LogP contribution in [0.15, 0.2) is 60.1 Å². The summed E-state index contributed by atoms with van der Waals surface area (Å²) in [6.45, 7) is 0.887. The number of anilines is 1. The summed E-state index contributed by atoms with van der Waals surface area (Å²) in [5.41, 5.74) is 0.666. The molecule has 3 heterocycles. The molecule has 1 aliphatic rings. The number of carbonyl (C=O) groups is 1. The van der Waals surface area contributed by atoms with Gasteiger partial charge in [0, 0.05) is 49.5 Å². The quantitative estimate of drug-likeness (QED) is 0.661. The molecule has 0 bridgehead atoms. The van der Waals surface area contributed by atoms with Crippen LogP contribution in [-0.2, 0) is 10.0 Å². The van der Waals surface area contributed by atoms with Crippen LogP contribution >= 0.6 is 0 Å². The average Bonchev–Trinajstić information content (AvgIpc) is 3.30. The minimum absolute atomic E-state index is 0.184. The van der Waals surface area contributed by atoms with Gasteiger partial charge < -0.3 is 10.3 Å². The molecule has 0 saturated carbocycles. The Kier molecular flexibility index (Phi) is 5.36. The number of carbonyl (C=O) groups excluding carboxylic acids is 1. The zero-order valence-corrected chi connectivity index (χ0v) is 16.3. The first kappa shape index (κ1) is 19.2. The van der Waals surface area contributed by atoms with E-state index in [0.29, 0.717) is 18.8 Å². The summed E-state index contributed by atoms with van der Waals surface area (Å²) in [4.78, 5) is 27.5. The lowest BCUT2D eigenvalue weighted by Crippen LogP contribution is -2.38. The number of imidazole rings is 1. The molecule has 4 rings (SSSR count). The molecule has 3 aromatic rings. The zero-order chi connectivity index (χ0) is 20.3. The lowest BCUT2D eigenvalue weighted by Gasteiger charge is -2.30. The van der Waals surface area contributed by atoms with Crippen LogP contribution in [0, 0.1) is 0 Å². The molecule has 0 spiro atoms. The molecule has 0 atom stereocenters. The molecule has 1 aromatic carbocycles. The predicted octanol–water partition coefficient (Wildman–Crippen LogP) is 2.02. The molecule has 9 nitrogen and oxygen atoms in total. The second-order valence-corrected chi connectivity index (χ2v) is 8.66. The second-order valence-electron chi connectivity index (χ2n) is 6.72. The van der Waals surface area contributed by atoms with Crippen molar-refractivity contribution in [2.24, 2.45) is 0 Å². The van der Waals surface area contributed by atoms with Crippen molar-refractivity contribution in [3.63, 3.8) is 0 Å². The number of H-pyrrole nitrogens is 1. The van der Waals surface area contributed by atoms with Crippen LogP contribution in [0.2, 0.25) is 0 Å². The standard InChI is InChI=1S/C19H20N6O3S/c26-19(17-13-20-7-8-21-17)24-15-1-3-16(4-2-15)29(27,28)25-11-5-14(6-12-25)18-22-9-10-23-18/h1-4,7-10,13-14H,5-6,11-12H2,(H,22,23)(H,24,26). The number of sulfonamides is 1. The molecular formula is C19H20N6O3S. The van der Waals surface area contributed by atoms with E-state index in [9.17, 15) is 13.2 Å². The Labute approximate surface area is 168 Å². The van der Waals surface area contributed by atoms with Gasteiger partial charge in [-0.05, 0) is 37.1 Å². The van der Waals surface area contributed by atoms with E-state index >= 15 is 0 Å². The number of nitrogens with zero attached hydrogens (tertiary/aromatic N) is 4. The molecule has 150 valence electrons. The van der Waals surface area contributed by atoms with Gasteiger partial charge in [0.25, 0.3) is 5.91 Å². The van der Waals surface area contributed by atoms with Crippen molar-refractivity contribution in [3.8, 4) is 0 Å². The molecule has 1 fully saturated rings. The maximum atomic E-state index is 12.9. The summed E-state index contributed by atoms with van der Waals surface area (Å²) in [6.07, 6.45) is 9.21. The van der Waals surface area contributed by atoms with Gasteiger partial charge in [-0.1, -0.05) is 0 Å². The Hall–Kier alpha value is -3.11. The summed E-state index contributed by atoms with van der Waals surface area (Å²) >= 11 is 0. The first-order valence-corrected chi connectivity index (χ1v) is 10.6. The molecule has 2 aromatic heterocycles. The third kappa shape index (κ3) is 4.17. The highest BCUT2D eigenvalue weighted by Crippen LogP contribution is 2.29. The molecular weight excluding hydrogens is 392 g/mol. The number of nitrogens with one attached hydrogen (secondary N) is 2. The van der Waals surface area contributed by atoms with Crippen LogP contribution in [0.5, 0.6) is 0 Å². The van der Waals surface area contributed by atoms with Gasteiger partial charge >= 0.3 is 0 Å². The lowest BCUT2D eigenvalue weighted by molar-refractivity contribution is 0.102. The fourth-order valence-electron chi connectivity index (χ4n) is 3.34. The number of amides is 1. The topological polar surface area (TPSA) is 121 Å². The van der Waals surface area contributed by atoms with E-state index in [1.54, 1.807) is 24.5 Å². The number of benzene rings is 1. The van der Waals surface area contributed by atoms with Gasteiger partial charge in [0.05, 0.1) is 11.1 Å². The Morgan fingerprint density at radius 3 is 2.45 bits per heavy atom. The monoisotopic (exact) mass is 412 g/mol. The van der Waals surface area contributed by atoms with E-state index in [1.165, 1.54) is 35.0 Å². The fourth-order valence-corrected chi connectivity index (χ4v) is 4.81. The van der Waals surface area contributed by atoms with E-state index in [-0.39, 0.29) is 16.5 Å². The number of aromatic amines is 1. The molecule has 29 heavy (non-hydrogen) atoms. The van der Waals surface area contributed by atoms with Gasteiger partial charge in [-0.3, -0.25) is 9.78 Å². The highest BCUT2D eigenvalue weighted by atomic mass is 32.2. The first-order chi connectivity index (χ1) is 14.0. The van der Waals surface area contributed by atoms with Gasteiger partial charge in [0.15, 0.2) is 0 Å². The molecule has 10 heteroatoms. The number of piperidine rings is 1. The summed E-state index contributed by atoms with van der Waals surface area (Å²) in [7, 11) is -3.58. The highest BCUT2D eigenvalue weighted by molar-refractivity contribution is 7.89. The Balaban J connectivity index is 1.41. The van der Waals surface area contributed by atoms with Crippen molar-refractivity contribution in [1.29, 1.82) is 0 Å². The summed E-state index contributed by atoms with van der Waals surface area (Å²) in [5, 5.41) is 2.68. The predicted molar refractivity (Wildman–Crippen MR) is 106 cm³/mol. The normalized spacial score (nSPS) is 15.9. The van der Waals surface area contributed by atoms with Gasteiger partial charge in [0.1, 0.15) is 11.5 Å². The summed E-state index contributed by atoms with van der Waals surface area (Å²) < 4.78 is 27.4. The molecule has 0 unspecified atom stereocenters. The molecule has 0 radical (unpaired) electrons. The van der Waals surface area contributed by atoms with E-state index in [4.69, 9.17) is 0 Å².